The molecule has 3 aromatic carbocycles. The van der Waals surface area contributed by atoms with E-state index in [1.54, 1.807) is 54.6 Å². The molecule has 0 aliphatic heterocycles. The van der Waals surface area contributed by atoms with Crippen LogP contribution in [0.4, 0.5) is 13.2 Å². The molecular weight excluding hydrogens is 505 g/mol. The fourth-order valence-corrected chi connectivity index (χ4v) is 4.19. The lowest BCUT2D eigenvalue weighted by molar-refractivity contribution is -0.137. The zero-order valence-electron chi connectivity index (χ0n) is 19.3. The standard InChI is InChI=1S/C26H21F3N4O3S/c27-26(28,29)19-10-7-11-20(14-19)33-23(15-30-24(35)16-36-21-12-5-2-6-13-21)31-32-25(33)37-17-22(34)18-8-3-1-4-9-18/h1-14H,15-17H2,(H,30,35). The van der Waals surface area contributed by atoms with Crippen LogP contribution in [0.25, 0.3) is 5.69 Å². The van der Waals surface area contributed by atoms with Gasteiger partial charge < -0.3 is 10.1 Å². The summed E-state index contributed by atoms with van der Waals surface area (Å²) in [6, 6.07) is 22.1. The highest BCUT2D eigenvalue weighted by Crippen LogP contribution is 2.31. The molecule has 0 bridgehead atoms. The molecule has 0 radical (unpaired) electrons. The molecule has 37 heavy (non-hydrogen) atoms. The minimum absolute atomic E-state index is 0.00160. The summed E-state index contributed by atoms with van der Waals surface area (Å²) in [7, 11) is 0. The minimum atomic E-state index is -4.55. The molecule has 0 saturated heterocycles. The van der Waals surface area contributed by atoms with Crippen LogP contribution in [0.15, 0.2) is 90.1 Å². The largest absolute Gasteiger partial charge is 0.484 e. The van der Waals surface area contributed by atoms with Gasteiger partial charge in [0.1, 0.15) is 5.75 Å². The molecule has 0 atom stereocenters. The van der Waals surface area contributed by atoms with Crippen molar-refractivity contribution in [1.82, 2.24) is 20.1 Å². The van der Waals surface area contributed by atoms with E-state index in [9.17, 15) is 22.8 Å². The van der Waals surface area contributed by atoms with Crippen LogP contribution in [0.5, 0.6) is 5.75 Å². The van der Waals surface area contributed by atoms with Gasteiger partial charge in [-0.3, -0.25) is 14.2 Å². The number of carbonyl (C=O) groups is 2. The third kappa shape index (κ3) is 6.98. The maximum absolute atomic E-state index is 13.4. The molecule has 0 unspecified atom stereocenters. The number of nitrogens with zero attached hydrogens (tertiary/aromatic N) is 3. The summed E-state index contributed by atoms with van der Waals surface area (Å²) in [5.74, 6) is 0.0971. The quantitative estimate of drug-likeness (QED) is 0.232. The van der Waals surface area contributed by atoms with Gasteiger partial charge in [0, 0.05) is 5.56 Å². The van der Waals surface area contributed by atoms with Gasteiger partial charge in [-0.2, -0.15) is 13.2 Å². The average Bonchev–Trinajstić information content (AvgIpc) is 3.32. The van der Waals surface area contributed by atoms with Gasteiger partial charge in [0.15, 0.2) is 23.4 Å². The van der Waals surface area contributed by atoms with E-state index in [1.165, 1.54) is 16.7 Å². The van der Waals surface area contributed by atoms with Gasteiger partial charge in [0.05, 0.1) is 23.5 Å². The van der Waals surface area contributed by atoms with E-state index in [-0.39, 0.29) is 41.4 Å². The number of hydrogen-bond donors (Lipinski definition) is 1. The zero-order chi connectivity index (χ0) is 26.3. The minimum Gasteiger partial charge on any atom is -0.484 e. The van der Waals surface area contributed by atoms with Gasteiger partial charge in [-0.15, -0.1) is 10.2 Å². The molecule has 190 valence electrons. The molecule has 0 aliphatic carbocycles. The zero-order valence-corrected chi connectivity index (χ0v) is 20.1. The molecule has 0 aliphatic rings. The summed E-state index contributed by atoms with van der Waals surface area (Å²) in [4.78, 5) is 24.9. The lowest BCUT2D eigenvalue weighted by atomic mass is 10.2. The number of alkyl halides is 3. The number of ether oxygens (including phenoxy) is 1. The fraction of sp³-hybridized carbons (Fsp3) is 0.154. The van der Waals surface area contributed by atoms with Crippen LogP contribution in [-0.4, -0.2) is 38.8 Å². The summed E-state index contributed by atoms with van der Waals surface area (Å²) < 4.78 is 46.9. The molecular formula is C26H21F3N4O3S. The van der Waals surface area contributed by atoms with Crippen molar-refractivity contribution in [2.24, 2.45) is 0 Å². The Morgan fingerprint density at radius 3 is 2.32 bits per heavy atom. The van der Waals surface area contributed by atoms with E-state index >= 15 is 0 Å². The van der Waals surface area contributed by atoms with Gasteiger partial charge >= 0.3 is 6.18 Å². The molecule has 1 amide bonds. The number of nitrogens with one attached hydrogen (secondary N) is 1. The number of hydrogen-bond acceptors (Lipinski definition) is 6. The number of benzene rings is 3. The Morgan fingerprint density at radius 2 is 1.62 bits per heavy atom. The predicted molar refractivity (Wildman–Crippen MR) is 132 cm³/mol. The van der Waals surface area contributed by atoms with Crippen LogP contribution in [-0.2, 0) is 17.5 Å². The van der Waals surface area contributed by atoms with E-state index in [2.05, 4.69) is 15.5 Å². The Labute approximate surface area is 214 Å². The first-order valence-electron chi connectivity index (χ1n) is 11.1. The smallest absolute Gasteiger partial charge is 0.416 e. The first-order chi connectivity index (χ1) is 17.8. The first kappa shape index (κ1) is 26.0. The van der Waals surface area contributed by atoms with Crippen molar-refractivity contribution in [1.29, 1.82) is 0 Å². The van der Waals surface area contributed by atoms with Gasteiger partial charge in [0.2, 0.25) is 0 Å². The molecule has 1 N–H and O–H groups in total. The van der Waals surface area contributed by atoms with E-state index in [0.717, 1.165) is 23.9 Å². The first-order valence-corrected chi connectivity index (χ1v) is 12.1. The summed E-state index contributed by atoms with van der Waals surface area (Å²) in [5.41, 5.74) is -0.188. The number of thioether (sulfide) groups is 1. The Hall–Kier alpha value is -4.12. The Morgan fingerprint density at radius 1 is 0.919 bits per heavy atom. The van der Waals surface area contributed by atoms with Crippen molar-refractivity contribution in [2.45, 2.75) is 17.9 Å². The summed E-state index contributed by atoms with van der Waals surface area (Å²) in [5, 5.41) is 11.0. The van der Waals surface area contributed by atoms with Gasteiger partial charge in [-0.05, 0) is 30.3 Å². The van der Waals surface area contributed by atoms with Crippen molar-refractivity contribution in [3.05, 3.63) is 102 Å². The summed E-state index contributed by atoms with van der Waals surface area (Å²) in [6.07, 6.45) is -4.55. The Bertz CT molecular complexity index is 1360. The van der Waals surface area contributed by atoms with E-state index in [0.29, 0.717) is 11.3 Å². The number of aromatic nitrogens is 3. The monoisotopic (exact) mass is 526 g/mol. The maximum Gasteiger partial charge on any atom is 0.416 e. The lowest BCUT2D eigenvalue weighted by Gasteiger charge is -2.13. The highest BCUT2D eigenvalue weighted by Gasteiger charge is 2.31. The Balaban J connectivity index is 1.53. The van der Waals surface area contributed by atoms with Gasteiger partial charge in [-0.25, -0.2) is 0 Å². The van der Waals surface area contributed by atoms with Gasteiger partial charge in [-0.1, -0.05) is 66.4 Å². The van der Waals surface area contributed by atoms with Crippen LogP contribution < -0.4 is 10.1 Å². The van der Waals surface area contributed by atoms with Crippen molar-refractivity contribution in [2.75, 3.05) is 12.4 Å². The predicted octanol–water partition coefficient (Wildman–Crippen LogP) is 4.96. The van der Waals surface area contributed by atoms with Crippen molar-refractivity contribution >= 4 is 23.5 Å². The summed E-state index contributed by atoms with van der Waals surface area (Å²) >= 11 is 1.04. The second kappa shape index (κ2) is 11.7. The second-order valence-corrected chi connectivity index (χ2v) is 8.68. The van der Waals surface area contributed by atoms with Crippen LogP contribution in [0, 0.1) is 0 Å². The molecule has 4 rings (SSSR count). The highest BCUT2D eigenvalue weighted by molar-refractivity contribution is 7.99. The number of rotatable bonds is 10. The molecule has 1 aromatic heterocycles. The lowest BCUT2D eigenvalue weighted by Crippen LogP contribution is -2.29. The molecule has 0 fully saturated rings. The van der Waals surface area contributed by atoms with Crippen molar-refractivity contribution < 1.29 is 27.5 Å². The number of halogens is 3. The number of carbonyl (C=O) groups excluding carboxylic acids is 2. The van der Waals surface area contributed by atoms with Crippen LogP contribution >= 0.6 is 11.8 Å². The van der Waals surface area contributed by atoms with Crippen LogP contribution in [0.1, 0.15) is 21.7 Å². The molecule has 1 heterocycles. The number of para-hydroxylation sites is 1. The molecule has 0 saturated carbocycles. The molecule has 11 heteroatoms. The maximum atomic E-state index is 13.4. The van der Waals surface area contributed by atoms with E-state index in [1.807, 2.05) is 6.07 Å². The molecule has 0 spiro atoms. The number of ketones is 1. The second-order valence-electron chi connectivity index (χ2n) is 7.74. The summed E-state index contributed by atoms with van der Waals surface area (Å²) in [6.45, 7) is -0.373. The Kier molecular flexibility index (Phi) is 8.24. The SMILES string of the molecule is O=C(COc1ccccc1)NCc1nnc(SCC(=O)c2ccccc2)n1-c1cccc(C(F)(F)F)c1. The molecule has 7 nitrogen and oxygen atoms in total. The van der Waals surface area contributed by atoms with Crippen LogP contribution in [0.3, 0.4) is 0 Å². The highest BCUT2D eigenvalue weighted by atomic mass is 32.2. The third-order valence-electron chi connectivity index (χ3n) is 5.12. The van der Waals surface area contributed by atoms with Crippen LogP contribution in [0.2, 0.25) is 0 Å². The fourth-order valence-electron chi connectivity index (χ4n) is 3.32. The van der Waals surface area contributed by atoms with Crippen molar-refractivity contribution in [3.8, 4) is 11.4 Å². The number of amides is 1. The third-order valence-corrected chi connectivity index (χ3v) is 6.05. The topological polar surface area (TPSA) is 86.1 Å². The van der Waals surface area contributed by atoms with Gasteiger partial charge in [0.25, 0.3) is 5.91 Å². The average molecular weight is 527 g/mol. The normalized spacial score (nSPS) is 11.2. The van der Waals surface area contributed by atoms with E-state index in [4.69, 9.17) is 4.74 Å². The molecule has 4 aromatic rings. The van der Waals surface area contributed by atoms with E-state index < -0.39 is 17.6 Å². The van der Waals surface area contributed by atoms with Crippen molar-refractivity contribution in [3.63, 3.8) is 0 Å². The number of Topliss-reactive ketones (excluding diaryl/α,β-unsaturated/α-hetero) is 1.